The maximum absolute atomic E-state index is 12.1. The highest BCUT2D eigenvalue weighted by atomic mass is 35.5. The van der Waals surface area contributed by atoms with Gasteiger partial charge >= 0.3 is 0 Å². The van der Waals surface area contributed by atoms with E-state index in [4.69, 9.17) is 16.3 Å². The molecule has 0 spiro atoms. The van der Waals surface area contributed by atoms with Crippen molar-refractivity contribution < 1.29 is 9.53 Å². The molecule has 0 aliphatic heterocycles. The molecule has 0 fully saturated rings. The summed E-state index contributed by atoms with van der Waals surface area (Å²) in [6, 6.07) is 9.78. The molecule has 0 aliphatic carbocycles. The molecular formula is C14H20ClNO2. The van der Waals surface area contributed by atoms with Crippen LogP contribution in [0.5, 0.6) is 0 Å². The highest BCUT2D eigenvalue weighted by Gasteiger charge is 2.18. The largest absolute Gasteiger partial charge is 0.383 e. The van der Waals surface area contributed by atoms with Crippen molar-refractivity contribution in [2.24, 2.45) is 0 Å². The number of carbonyl (C=O) groups excluding carboxylic acids is 1. The Balaban J connectivity index is 2.53. The third-order valence-corrected chi connectivity index (χ3v) is 3.05. The Labute approximate surface area is 113 Å². The van der Waals surface area contributed by atoms with Crippen molar-refractivity contribution in [3.05, 3.63) is 35.9 Å². The molecule has 1 aromatic carbocycles. The molecule has 0 heterocycles. The van der Waals surface area contributed by atoms with Crippen LogP contribution in [0.3, 0.4) is 0 Å². The van der Waals surface area contributed by atoms with Gasteiger partial charge in [-0.1, -0.05) is 37.3 Å². The van der Waals surface area contributed by atoms with Crippen LogP contribution >= 0.6 is 11.6 Å². The van der Waals surface area contributed by atoms with Crippen LogP contribution in [-0.4, -0.2) is 31.5 Å². The Hall–Kier alpha value is -1.06. The highest BCUT2D eigenvalue weighted by molar-refractivity contribution is 6.21. The van der Waals surface area contributed by atoms with Crippen molar-refractivity contribution >= 4 is 17.5 Å². The first-order valence-corrected chi connectivity index (χ1v) is 6.58. The van der Waals surface area contributed by atoms with Gasteiger partial charge in [-0.25, -0.2) is 0 Å². The van der Waals surface area contributed by atoms with Crippen molar-refractivity contribution in [2.45, 2.75) is 24.6 Å². The van der Waals surface area contributed by atoms with Gasteiger partial charge in [0.05, 0.1) is 17.9 Å². The average Bonchev–Trinajstić information content (AvgIpc) is 2.39. The minimum atomic E-state index is -0.188. The third kappa shape index (κ3) is 4.67. The number of carbonyl (C=O) groups is 1. The molecule has 18 heavy (non-hydrogen) atoms. The molecule has 1 amide bonds. The van der Waals surface area contributed by atoms with E-state index in [0.29, 0.717) is 13.2 Å². The lowest BCUT2D eigenvalue weighted by Crippen LogP contribution is -2.35. The maximum Gasteiger partial charge on any atom is 0.227 e. The van der Waals surface area contributed by atoms with Crippen molar-refractivity contribution in [3.63, 3.8) is 0 Å². The Morgan fingerprint density at radius 2 is 2.06 bits per heavy atom. The standard InChI is InChI=1S/C14H20ClNO2/c1-3-13(11-7-5-4-6-8-11)14(17)16-9-12(15)10-18-2/h4-8,12-13H,3,9-10H2,1-2H3,(H,16,17). The predicted molar refractivity (Wildman–Crippen MR) is 74.0 cm³/mol. The second-order valence-corrected chi connectivity index (χ2v) is 4.79. The van der Waals surface area contributed by atoms with E-state index in [1.807, 2.05) is 37.3 Å². The number of hydrogen-bond donors (Lipinski definition) is 1. The smallest absolute Gasteiger partial charge is 0.227 e. The molecule has 2 atom stereocenters. The van der Waals surface area contributed by atoms with E-state index in [1.54, 1.807) is 7.11 Å². The molecule has 1 aromatic rings. The van der Waals surface area contributed by atoms with E-state index in [1.165, 1.54) is 0 Å². The van der Waals surface area contributed by atoms with E-state index in [2.05, 4.69) is 5.32 Å². The molecule has 0 aliphatic rings. The minimum absolute atomic E-state index is 0.0189. The summed E-state index contributed by atoms with van der Waals surface area (Å²) < 4.78 is 4.92. The molecule has 2 unspecified atom stereocenters. The summed E-state index contributed by atoms with van der Waals surface area (Å²) in [5, 5.41) is 2.68. The summed E-state index contributed by atoms with van der Waals surface area (Å²) in [5.41, 5.74) is 1.04. The number of benzene rings is 1. The topological polar surface area (TPSA) is 38.3 Å². The average molecular weight is 270 g/mol. The molecule has 1 rings (SSSR count). The van der Waals surface area contributed by atoms with E-state index in [0.717, 1.165) is 12.0 Å². The van der Waals surface area contributed by atoms with Crippen molar-refractivity contribution in [1.82, 2.24) is 5.32 Å². The zero-order valence-corrected chi connectivity index (χ0v) is 11.6. The molecule has 4 heteroatoms. The minimum Gasteiger partial charge on any atom is -0.383 e. The quantitative estimate of drug-likeness (QED) is 0.773. The van der Waals surface area contributed by atoms with Gasteiger partial charge in [0.2, 0.25) is 5.91 Å². The van der Waals surface area contributed by atoms with Crippen LogP contribution in [0, 0.1) is 0 Å². The number of hydrogen-bond acceptors (Lipinski definition) is 2. The van der Waals surface area contributed by atoms with Gasteiger partial charge in [-0.3, -0.25) is 4.79 Å². The van der Waals surface area contributed by atoms with Crippen LogP contribution in [-0.2, 0) is 9.53 Å². The summed E-state index contributed by atoms with van der Waals surface area (Å²) in [5.74, 6) is -0.0944. The van der Waals surface area contributed by atoms with Crippen LogP contribution in [0.1, 0.15) is 24.8 Å². The molecule has 0 radical (unpaired) electrons. The van der Waals surface area contributed by atoms with Gasteiger partial charge < -0.3 is 10.1 Å². The van der Waals surface area contributed by atoms with Crippen LogP contribution in [0.25, 0.3) is 0 Å². The maximum atomic E-state index is 12.1. The molecule has 0 aromatic heterocycles. The third-order valence-electron chi connectivity index (χ3n) is 2.77. The fourth-order valence-corrected chi connectivity index (χ4v) is 2.04. The SMILES string of the molecule is CCC(C(=O)NCC(Cl)COC)c1ccccc1. The van der Waals surface area contributed by atoms with Gasteiger partial charge in [0, 0.05) is 13.7 Å². The lowest BCUT2D eigenvalue weighted by atomic mass is 9.96. The Kier molecular flexibility index (Phi) is 6.76. The van der Waals surface area contributed by atoms with Gasteiger partial charge in [-0.2, -0.15) is 0 Å². The molecule has 0 saturated heterocycles. The Bertz CT molecular complexity index is 356. The lowest BCUT2D eigenvalue weighted by molar-refractivity contribution is -0.122. The van der Waals surface area contributed by atoms with Crippen LogP contribution < -0.4 is 5.32 Å². The van der Waals surface area contributed by atoms with Crippen molar-refractivity contribution in [2.75, 3.05) is 20.3 Å². The zero-order valence-electron chi connectivity index (χ0n) is 10.9. The highest BCUT2D eigenvalue weighted by Crippen LogP contribution is 2.19. The normalized spacial score (nSPS) is 13.9. The molecule has 100 valence electrons. The second-order valence-electron chi connectivity index (χ2n) is 4.17. The zero-order chi connectivity index (χ0) is 13.4. The summed E-state index contributed by atoms with van der Waals surface area (Å²) in [6.45, 7) is 2.87. The number of amides is 1. The number of alkyl halides is 1. The fraction of sp³-hybridized carbons (Fsp3) is 0.500. The van der Waals surface area contributed by atoms with E-state index < -0.39 is 0 Å². The van der Waals surface area contributed by atoms with Gasteiger partial charge in [0.1, 0.15) is 0 Å². The number of ether oxygens (including phenoxy) is 1. The van der Waals surface area contributed by atoms with E-state index in [-0.39, 0.29) is 17.2 Å². The number of rotatable bonds is 7. The van der Waals surface area contributed by atoms with Gasteiger partial charge in [0.15, 0.2) is 0 Å². The molecule has 1 N–H and O–H groups in total. The van der Waals surface area contributed by atoms with Crippen molar-refractivity contribution in [3.8, 4) is 0 Å². The van der Waals surface area contributed by atoms with Crippen molar-refractivity contribution in [1.29, 1.82) is 0 Å². The monoisotopic (exact) mass is 269 g/mol. The molecule has 3 nitrogen and oxygen atoms in total. The Morgan fingerprint density at radius 1 is 1.39 bits per heavy atom. The number of methoxy groups -OCH3 is 1. The second kappa shape index (κ2) is 8.11. The first-order chi connectivity index (χ1) is 8.69. The molecule has 0 bridgehead atoms. The van der Waals surface area contributed by atoms with E-state index >= 15 is 0 Å². The molecular weight excluding hydrogens is 250 g/mol. The van der Waals surface area contributed by atoms with Crippen LogP contribution in [0.4, 0.5) is 0 Å². The fourth-order valence-electron chi connectivity index (χ4n) is 1.83. The first kappa shape index (κ1) is 15.0. The number of halogens is 1. The summed E-state index contributed by atoms with van der Waals surface area (Å²) in [4.78, 5) is 12.1. The van der Waals surface area contributed by atoms with E-state index in [9.17, 15) is 4.79 Å². The van der Waals surface area contributed by atoms with Gasteiger partial charge in [-0.15, -0.1) is 11.6 Å². The van der Waals surface area contributed by atoms with Gasteiger partial charge in [0.25, 0.3) is 0 Å². The summed E-state index contributed by atoms with van der Waals surface area (Å²) in [6.07, 6.45) is 0.771. The lowest BCUT2D eigenvalue weighted by Gasteiger charge is -2.16. The Morgan fingerprint density at radius 3 is 2.61 bits per heavy atom. The summed E-state index contributed by atoms with van der Waals surface area (Å²) in [7, 11) is 1.59. The van der Waals surface area contributed by atoms with Gasteiger partial charge in [-0.05, 0) is 12.0 Å². The summed E-state index contributed by atoms with van der Waals surface area (Å²) >= 11 is 5.98. The van der Waals surface area contributed by atoms with Crippen LogP contribution in [0.2, 0.25) is 0 Å². The van der Waals surface area contributed by atoms with Crippen LogP contribution in [0.15, 0.2) is 30.3 Å². The first-order valence-electron chi connectivity index (χ1n) is 6.14. The molecule has 0 saturated carbocycles. The number of nitrogens with one attached hydrogen (secondary N) is 1. The predicted octanol–water partition coefficient (Wildman–Crippen LogP) is 2.55.